The van der Waals surface area contributed by atoms with Gasteiger partial charge in [0.1, 0.15) is 5.82 Å². The lowest BCUT2D eigenvalue weighted by Crippen LogP contribution is -2.52. The highest BCUT2D eigenvalue weighted by Crippen LogP contribution is 2.23. The van der Waals surface area contributed by atoms with Gasteiger partial charge < -0.3 is 5.32 Å². The van der Waals surface area contributed by atoms with Crippen LogP contribution < -0.4 is 5.32 Å². The highest BCUT2D eigenvalue weighted by Gasteiger charge is 2.30. The molecule has 150 valence electrons. The summed E-state index contributed by atoms with van der Waals surface area (Å²) in [4.78, 5) is 14.4. The highest BCUT2D eigenvalue weighted by atomic mass is 32.2. The summed E-state index contributed by atoms with van der Waals surface area (Å²) < 4.78 is 39.7. The van der Waals surface area contributed by atoms with Crippen molar-refractivity contribution in [1.82, 2.24) is 14.5 Å². The number of hydrogen-bond donors (Lipinski definition) is 1. The number of carbonyl (C=O) groups excluding carboxylic acids is 1. The van der Waals surface area contributed by atoms with Gasteiger partial charge in [0.2, 0.25) is 15.9 Å². The van der Waals surface area contributed by atoms with Crippen LogP contribution in [-0.2, 0) is 14.8 Å². The Morgan fingerprint density at radius 3 is 2.37 bits per heavy atom. The standard InChI is InChI=1S/C19H28FN3O3S/c1-15-4-2-3-5-18(15)21-19(24)14-22-10-12-23(13-11-22)27(25,26)17-8-6-16(20)7-9-17/h6-9,15,18H,2-5,10-14H2,1H3,(H,21,24)/t15-,18+/m1/s1. The number of piperazine rings is 1. The largest absolute Gasteiger partial charge is 0.352 e. The van der Waals surface area contributed by atoms with E-state index in [1.54, 1.807) is 0 Å². The second kappa shape index (κ2) is 8.67. The van der Waals surface area contributed by atoms with Crippen molar-refractivity contribution in [2.45, 2.75) is 43.5 Å². The van der Waals surface area contributed by atoms with E-state index in [-0.39, 0.29) is 16.8 Å². The molecular weight excluding hydrogens is 369 g/mol. The first-order chi connectivity index (χ1) is 12.9. The van der Waals surface area contributed by atoms with Gasteiger partial charge in [0.05, 0.1) is 11.4 Å². The van der Waals surface area contributed by atoms with E-state index in [1.807, 2.05) is 4.90 Å². The van der Waals surface area contributed by atoms with Gasteiger partial charge in [0.15, 0.2) is 0 Å². The fourth-order valence-corrected chi connectivity index (χ4v) is 5.29. The Morgan fingerprint density at radius 2 is 1.74 bits per heavy atom. The third-order valence-corrected chi connectivity index (χ3v) is 7.52. The smallest absolute Gasteiger partial charge is 0.243 e. The average molecular weight is 398 g/mol. The Morgan fingerprint density at radius 1 is 1.11 bits per heavy atom. The molecule has 3 rings (SSSR count). The zero-order chi connectivity index (χ0) is 19.4. The van der Waals surface area contributed by atoms with E-state index < -0.39 is 15.8 Å². The van der Waals surface area contributed by atoms with Crippen molar-refractivity contribution in [3.05, 3.63) is 30.1 Å². The van der Waals surface area contributed by atoms with Gasteiger partial charge in [0, 0.05) is 32.2 Å². The molecule has 1 aliphatic heterocycles. The fourth-order valence-electron chi connectivity index (χ4n) is 3.87. The zero-order valence-corrected chi connectivity index (χ0v) is 16.5. The minimum Gasteiger partial charge on any atom is -0.352 e. The molecule has 0 spiro atoms. The van der Waals surface area contributed by atoms with Crippen molar-refractivity contribution in [2.24, 2.45) is 5.92 Å². The minimum atomic E-state index is -3.62. The molecule has 0 unspecified atom stereocenters. The summed E-state index contributed by atoms with van der Waals surface area (Å²) in [6.45, 7) is 4.15. The molecule has 8 heteroatoms. The maximum absolute atomic E-state index is 13.0. The minimum absolute atomic E-state index is 0.0172. The summed E-state index contributed by atoms with van der Waals surface area (Å²) in [5.41, 5.74) is 0. The van der Waals surface area contributed by atoms with Crippen LogP contribution in [-0.4, -0.2) is 62.3 Å². The van der Waals surface area contributed by atoms with Gasteiger partial charge in [-0.1, -0.05) is 19.8 Å². The Hall–Kier alpha value is -1.51. The van der Waals surface area contributed by atoms with E-state index in [2.05, 4.69) is 12.2 Å². The van der Waals surface area contributed by atoms with Gasteiger partial charge in [-0.3, -0.25) is 9.69 Å². The lowest BCUT2D eigenvalue weighted by atomic mass is 9.86. The topological polar surface area (TPSA) is 69.7 Å². The third-order valence-electron chi connectivity index (χ3n) is 5.61. The van der Waals surface area contributed by atoms with Gasteiger partial charge in [-0.25, -0.2) is 12.8 Å². The fraction of sp³-hybridized carbons (Fsp3) is 0.632. The highest BCUT2D eigenvalue weighted by molar-refractivity contribution is 7.89. The van der Waals surface area contributed by atoms with Gasteiger partial charge in [-0.05, 0) is 43.0 Å². The van der Waals surface area contributed by atoms with Crippen LogP contribution in [0.15, 0.2) is 29.2 Å². The average Bonchev–Trinajstić information content (AvgIpc) is 2.64. The third kappa shape index (κ3) is 5.06. The maximum Gasteiger partial charge on any atom is 0.243 e. The van der Waals surface area contributed by atoms with Crippen LogP contribution in [0.3, 0.4) is 0 Å². The number of amides is 1. The summed E-state index contributed by atoms with van der Waals surface area (Å²) >= 11 is 0. The van der Waals surface area contributed by atoms with Crippen LogP contribution in [0.5, 0.6) is 0 Å². The van der Waals surface area contributed by atoms with Crippen molar-refractivity contribution >= 4 is 15.9 Å². The van der Waals surface area contributed by atoms with Crippen molar-refractivity contribution in [3.63, 3.8) is 0 Å². The van der Waals surface area contributed by atoms with Gasteiger partial charge in [0.25, 0.3) is 0 Å². The molecule has 1 aromatic carbocycles. The van der Waals surface area contributed by atoms with Crippen molar-refractivity contribution < 1.29 is 17.6 Å². The molecule has 2 atom stereocenters. The molecule has 27 heavy (non-hydrogen) atoms. The summed E-state index contributed by atoms with van der Waals surface area (Å²) in [7, 11) is -3.62. The molecule has 2 fully saturated rings. The van der Waals surface area contributed by atoms with Crippen LogP contribution in [0, 0.1) is 11.7 Å². The number of nitrogens with one attached hydrogen (secondary N) is 1. The Labute approximate surface area is 160 Å². The number of rotatable bonds is 5. The molecule has 1 saturated heterocycles. The molecule has 1 saturated carbocycles. The number of carbonyl (C=O) groups is 1. The first-order valence-electron chi connectivity index (χ1n) is 9.64. The predicted octanol–water partition coefficient (Wildman–Crippen LogP) is 1.83. The zero-order valence-electron chi connectivity index (χ0n) is 15.7. The number of nitrogens with zero attached hydrogens (tertiary/aromatic N) is 2. The van der Waals surface area contributed by atoms with E-state index in [4.69, 9.17) is 0 Å². The summed E-state index contributed by atoms with van der Waals surface area (Å²) in [5.74, 6) is 0.0704. The van der Waals surface area contributed by atoms with Gasteiger partial charge >= 0.3 is 0 Å². The van der Waals surface area contributed by atoms with Gasteiger partial charge in [-0.2, -0.15) is 4.31 Å². The van der Waals surface area contributed by atoms with E-state index in [0.717, 1.165) is 31.4 Å². The first kappa shape index (κ1) is 20.2. The van der Waals surface area contributed by atoms with Crippen LogP contribution in [0.1, 0.15) is 32.6 Å². The molecule has 6 nitrogen and oxygen atoms in total. The normalized spacial score (nSPS) is 25.3. The Balaban J connectivity index is 1.49. The van der Waals surface area contributed by atoms with Crippen LogP contribution in [0.25, 0.3) is 0 Å². The number of benzene rings is 1. The van der Waals surface area contributed by atoms with E-state index in [1.165, 1.54) is 22.9 Å². The van der Waals surface area contributed by atoms with Crippen molar-refractivity contribution in [1.29, 1.82) is 0 Å². The second-order valence-corrected chi connectivity index (χ2v) is 9.51. The monoisotopic (exact) mass is 397 g/mol. The molecule has 0 radical (unpaired) electrons. The lowest BCUT2D eigenvalue weighted by Gasteiger charge is -2.34. The molecule has 1 aromatic rings. The van der Waals surface area contributed by atoms with Crippen molar-refractivity contribution in [3.8, 4) is 0 Å². The van der Waals surface area contributed by atoms with E-state index in [0.29, 0.717) is 38.6 Å². The summed E-state index contributed by atoms with van der Waals surface area (Å²) in [5, 5.41) is 3.14. The maximum atomic E-state index is 13.0. The number of sulfonamides is 1. The molecule has 2 aliphatic rings. The first-order valence-corrected chi connectivity index (χ1v) is 11.1. The molecule has 0 aromatic heterocycles. The van der Waals surface area contributed by atoms with Crippen LogP contribution >= 0.6 is 0 Å². The lowest BCUT2D eigenvalue weighted by molar-refractivity contribution is -0.123. The molecule has 0 bridgehead atoms. The van der Waals surface area contributed by atoms with E-state index >= 15 is 0 Å². The summed E-state index contributed by atoms with van der Waals surface area (Å²) in [6, 6.07) is 5.14. The Kier molecular flexibility index (Phi) is 6.49. The molecule has 1 heterocycles. The molecule has 1 N–H and O–H groups in total. The number of hydrogen-bond acceptors (Lipinski definition) is 4. The summed E-state index contributed by atoms with van der Waals surface area (Å²) in [6.07, 6.45) is 4.59. The van der Waals surface area contributed by atoms with E-state index in [9.17, 15) is 17.6 Å². The van der Waals surface area contributed by atoms with Crippen molar-refractivity contribution in [2.75, 3.05) is 32.7 Å². The Bertz CT molecular complexity index is 746. The quantitative estimate of drug-likeness (QED) is 0.823. The van der Waals surface area contributed by atoms with Gasteiger partial charge in [-0.15, -0.1) is 0 Å². The van der Waals surface area contributed by atoms with Crippen LogP contribution in [0.2, 0.25) is 0 Å². The second-order valence-electron chi connectivity index (χ2n) is 7.57. The van der Waals surface area contributed by atoms with Crippen LogP contribution in [0.4, 0.5) is 4.39 Å². The molecule has 1 aliphatic carbocycles. The SMILES string of the molecule is C[C@@H]1CCCC[C@@H]1NC(=O)CN1CCN(S(=O)(=O)c2ccc(F)cc2)CC1. The number of halogens is 1. The molecular formula is C19H28FN3O3S. The predicted molar refractivity (Wildman–Crippen MR) is 101 cm³/mol. The molecule has 1 amide bonds.